The van der Waals surface area contributed by atoms with Crippen LogP contribution >= 0.6 is 11.6 Å². The Morgan fingerprint density at radius 1 is 1.50 bits per heavy atom. The third kappa shape index (κ3) is 2.06. The fourth-order valence-corrected chi connectivity index (χ4v) is 1.93. The molecule has 0 aliphatic heterocycles. The Bertz CT molecular complexity index is 338. The van der Waals surface area contributed by atoms with E-state index in [1.807, 2.05) is 6.07 Å². The average molecular weight is 211 g/mol. The fraction of sp³-hybridized carbons (Fsp3) is 0.636. The third-order valence-electron chi connectivity index (χ3n) is 2.71. The summed E-state index contributed by atoms with van der Waals surface area (Å²) in [4.78, 5) is 8.82. The van der Waals surface area contributed by atoms with Crippen LogP contribution in [0.3, 0.4) is 0 Å². The Morgan fingerprint density at radius 3 is 2.79 bits per heavy atom. The van der Waals surface area contributed by atoms with E-state index in [4.69, 9.17) is 11.6 Å². The lowest BCUT2D eigenvalue weighted by molar-refractivity contribution is 0.799. The zero-order valence-corrected chi connectivity index (χ0v) is 9.38. The van der Waals surface area contributed by atoms with Gasteiger partial charge in [0.1, 0.15) is 11.0 Å². The highest BCUT2D eigenvalue weighted by molar-refractivity contribution is 6.29. The average Bonchev–Trinajstić information content (AvgIpc) is 2.82. The van der Waals surface area contributed by atoms with E-state index in [9.17, 15) is 0 Å². The maximum Gasteiger partial charge on any atom is 0.133 e. The summed E-state index contributed by atoms with van der Waals surface area (Å²) >= 11 is 5.95. The summed E-state index contributed by atoms with van der Waals surface area (Å²) in [6, 6.07) is 1.88. The van der Waals surface area contributed by atoms with Crippen molar-refractivity contribution in [2.45, 2.75) is 39.0 Å². The number of nitrogens with zero attached hydrogens (tertiary/aromatic N) is 2. The van der Waals surface area contributed by atoms with E-state index in [2.05, 4.69) is 23.8 Å². The number of rotatable bonds is 3. The molecule has 0 spiro atoms. The van der Waals surface area contributed by atoms with Gasteiger partial charge in [-0.25, -0.2) is 9.97 Å². The summed E-state index contributed by atoms with van der Waals surface area (Å²) < 4.78 is 0. The Balaban J connectivity index is 2.23. The van der Waals surface area contributed by atoms with E-state index in [0.29, 0.717) is 11.1 Å². The van der Waals surface area contributed by atoms with Crippen LogP contribution in [-0.4, -0.2) is 9.97 Å². The summed E-state index contributed by atoms with van der Waals surface area (Å²) in [5.41, 5.74) is 1.08. The first-order chi connectivity index (χ1) is 6.70. The second kappa shape index (κ2) is 3.85. The minimum atomic E-state index is 0.560. The van der Waals surface area contributed by atoms with Gasteiger partial charge < -0.3 is 0 Å². The molecule has 14 heavy (non-hydrogen) atoms. The minimum Gasteiger partial charge on any atom is -0.238 e. The zero-order valence-electron chi connectivity index (χ0n) is 8.63. The number of hydrogen-bond donors (Lipinski definition) is 0. The van der Waals surface area contributed by atoms with Gasteiger partial charge in [-0.15, -0.1) is 0 Å². The maximum absolute atomic E-state index is 5.95. The fourth-order valence-electron chi connectivity index (χ4n) is 1.72. The number of hydrogen-bond acceptors (Lipinski definition) is 2. The molecule has 0 aromatic carbocycles. The predicted octanol–water partition coefficient (Wildman–Crippen LogP) is 3.21. The Hall–Kier alpha value is -0.630. The first-order valence-corrected chi connectivity index (χ1v) is 5.62. The molecule has 2 rings (SSSR count). The normalized spacial score (nSPS) is 25.1. The highest BCUT2D eigenvalue weighted by Gasteiger charge is 2.36. The van der Waals surface area contributed by atoms with Crippen LogP contribution in [-0.2, 0) is 6.42 Å². The standard InChI is InChI=1S/C11H15ClN2/c1-3-4-8-6-10(12)14-11(13-8)9-5-7(9)2/h6-7,9H,3-5H2,1-2H3. The predicted molar refractivity (Wildman–Crippen MR) is 57.6 cm³/mol. The molecule has 76 valence electrons. The van der Waals surface area contributed by atoms with Gasteiger partial charge in [-0.1, -0.05) is 31.9 Å². The van der Waals surface area contributed by atoms with Crippen molar-refractivity contribution >= 4 is 11.6 Å². The molecule has 1 saturated carbocycles. The van der Waals surface area contributed by atoms with E-state index < -0.39 is 0 Å². The van der Waals surface area contributed by atoms with Crippen LogP contribution in [0.5, 0.6) is 0 Å². The molecule has 1 aromatic heterocycles. The van der Waals surface area contributed by atoms with Crippen molar-refractivity contribution in [3.8, 4) is 0 Å². The van der Waals surface area contributed by atoms with Crippen molar-refractivity contribution < 1.29 is 0 Å². The molecule has 0 N–H and O–H groups in total. The molecular weight excluding hydrogens is 196 g/mol. The molecule has 2 unspecified atom stereocenters. The quantitative estimate of drug-likeness (QED) is 0.716. The van der Waals surface area contributed by atoms with E-state index >= 15 is 0 Å². The SMILES string of the molecule is CCCc1cc(Cl)nc(C2CC2C)n1. The monoisotopic (exact) mass is 210 g/mol. The molecule has 2 nitrogen and oxygen atoms in total. The number of aromatic nitrogens is 2. The maximum atomic E-state index is 5.95. The molecule has 1 aliphatic carbocycles. The Morgan fingerprint density at radius 2 is 2.21 bits per heavy atom. The molecule has 2 atom stereocenters. The van der Waals surface area contributed by atoms with Gasteiger partial charge >= 0.3 is 0 Å². The molecule has 1 heterocycles. The van der Waals surface area contributed by atoms with Gasteiger partial charge in [0.15, 0.2) is 0 Å². The molecule has 3 heteroatoms. The van der Waals surface area contributed by atoms with Crippen molar-refractivity contribution in [1.82, 2.24) is 9.97 Å². The highest BCUT2D eigenvalue weighted by Crippen LogP contribution is 2.45. The van der Waals surface area contributed by atoms with E-state index in [0.717, 1.165) is 30.3 Å². The lowest BCUT2D eigenvalue weighted by Crippen LogP contribution is -1.99. The molecule has 0 bridgehead atoms. The van der Waals surface area contributed by atoms with Crippen molar-refractivity contribution in [1.29, 1.82) is 0 Å². The van der Waals surface area contributed by atoms with Crippen LogP contribution in [0.25, 0.3) is 0 Å². The van der Waals surface area contributed by atoms with Crippen molar-refractivity contribution in [3.63, 3.8) is 0 Å². The van der Waals surface area contributed by atoms with E-state index in [1.165, 1.54) is 6.42 Å². The van der Waals surface area contributed by atoms with Crippen LogP contribution in [0, 0.1) is 5.92 Å². The first-order valence-electron chi connectivity index (χ1n) is 5.24. The van der Waals surface area contributed by atoms with Gasteiger partial charge in [0.2, 0.25) is 0 Å². The summed E-state index contributed by atoms with van der Waals surface area (Å²) in [5, 5.41) is 0.595. The molecule has 1 aliphatic rings. The second-order valence-corrected chi connectivity index (χ2v) is 4.50. The van der Waals surface area contributed by atoms with Crippen molar-refractivity contribution in [2.75, 3.05) is 0 Å². The lowest BCUT2D eigenvalue weighted by Gasteiger charge is -2.02. The number of aryl methyl sites for hydroxylation is 1. The largest absolute Gasteiger partial charge is 0.238 e. The third-order valence-corrected chi connectivity index (χ3v) is 2.91. The Kier molecular flexibility index (Phi) is 2.73. The minimum absolute atomic E-state index is 0.560. The van der Waals surface area contributed by atoms with Gasteiger partial charge in [-0.05, 0) is 24.8 Å². The smallest absolute Gasteiger partial charge is 0.133 e. The Labute approximate surface area is 89.7 Å². The van der Waals surface area contributed by atoms with E-state index in [-0.39, 0.29) is 0 Å². The first kappa shape index (κ1) is 9.91. The summed E-state index contributed by atoms with van der Waals surface area (Å²) in [6.07, 6.45) is 3.31. The molecule has 1 fully saturated rings. The van der Waals surface area contributed by atoms with Crippen LogP contribution < -0.4 is 0 Å². The molecule has 0 radical (unpaired) electrons. The zero-order chi connectivity index (χ0) is 10.1. The highest BCUT2D eigenvalue weighted by atomic mass is 35.5. The molecular formula is C11H15ClN2. The van der Waals surface area contributed by atoms with Crippen molar-refractivity contribution in [3.05, 3.63) is 22.7 Å². The topological polar surface area (TPSA) is 25.8 Å². The molecule has 0 saturated heterocycles. The van der Waals surface area contributed by atoms with Crippen molar-refractivity contribution in [2.24, 2.45) is 5.92 Å². The lowest BCUT2D eigenvalue weighted by atomic mass is 10.2. The van der Waals surface area contributed by atoms with Gasteiger partial charge in [-0.2, -0.15) is 0 Å². The molecule has 1 aromatic rings. The summed E-state index contributed by atoms with van der Waals surface area (Å²) in [6.45, 7) is 4.38. The van der Waals surface area contributed by atoms with Gasteiger partial charge in [0.05, 0.1) is 0 Å². The van der Waals surface area contributed by atoms with Crippen LogP contribution in [0.2, 0.25) is 5.15 Å². The van der Waals surface area contributed by atoms with Crippen LogP contribution in [0.1, 0.15) is 44.1 Å². The van der Waals surface area contributed by atoms with Gasteiger partial charge in [-0.3, -0.25) is 0 Å². The van der Waals surface area contributed by atoms with E-state index in [1.54, 1.807) is 0 Å². The van der Waals surface area contributed by atoms with Gasteiger partial charge in [0.25, 0.3) is 0 Å². The summed E-state index contributed by atoms with van der Waals surface area (Å²) in [5.74, 6) is 2.25. The molecule has 0 amide bonds. The summed E-state index contributed by atoms with van der Waals surface area (Å²) in [7, 11) is 0. The number of halogens is 1. The van der Waals surface area contributed by atoms with Crippen LogP contribution in [0.4, 0.5) is 0 Å². The van der Waals surface area contributed by atoms with Gasteiger partial charge in [0, 0.05) is 11.6 Å². The van der Waals surface area contributed by atoms with Crippen LogP contribution in [0.15, 0.2) is 6.07 Å². The second-order valence-electron chi connectivity index (χ2n) is 4.11.